The van der Waals surface area contributed by atoms with Gasteiger partial charge in [-0.05, 0) is 36.2 Å². The summed E-state index contributed by atoms with van der Waals surface area (Å²) >= 11 is 6.08. The Morgan fingerprint density at radius 2 is 1.85 bits per heavy atom. The Hall–Kier alpha value is -3.53. The minimum Gasteiger partial charge on any atom is -0.475 e. The highest BCUT2D eigenvalue weighted by Gasteiger charge is 2.38. The molecular weight excluding hydrogens is 473 g/mol. The molecule has 0 radical (unpaired) electrons. The van der Waals surface area contributed by atoms with Crippen molar-refractivity contribution in [3.8, 4) is 0 Å². The number of rotatable bonds is 4. The van der Waals surface area contributed by atoms with Crippen molar-refractivity contribution in [2.75, 3.05) is 18.0 Å². The van der Waals surface area contributed by atoms with Crippen molar-refractivity contribution in [3.05, 3.63) is 71.4 Å². The Labute approximate surface area is 198 Å². The summed E-state index contributed by atoms with van der Waals surface area (Å²) < 4.78 is 31.7. The lowest BCUT2D eigenvalue weighted by Crippen LogP contribution is -2.43. The Bertz CT molecular complexity index is 1150. The van der Waals surface area contributed by atoms with Gasteiger partial charge in [-0.2, -0.15) is 13.2 Å². The second kappa shape index (κ2) is 11.1. The number of carbonyl (C=O) groups excluding carboxylic acids is 1. The Balaban J connectivity index is 0.000000406. The Morgan fingerprint density at radius 1 is 1.15 bits per heavy atom. The van der Waals surface area contributed by atoms with Gasteiger partial charge in [0.15, 0.2) is 0 Å². The van der Waals surface area contributed by atoms with Crippen molar-refractivity contribution in [1.82, 2.24) is 15.6 Å². The molecule has 3 aromatic rings. The van der Waals surface area contributed by atoms with Crippen LogP contribution in [0.2, 0.25) is 5.02 Å². The lowest BCUT2D eigenvalue weighted by atomic mass is 10.2. The van der Waals surface area contributed by atoms with Gasteiger partial charge in [-0.1, -0.05) is 41.9 Å². The minimum atomic E-state index is -5.08. The molecule has 2 heterocycles. The van der Waals surface area contributed by atoms with E-state index in [1.165, 1.54) is 0 Å². The van der Waals surface area contributed by atoms with Crippen LogP contribution in [-0.4, -0.2) is 47.4 Å². The Kier molecular flexibility index (Phi) is 8.17. The van der Waals surface area contributed by atoms with Crippen LogP contribution in [0, 0.1) is 0 Å². The first kappa shape index (κ1) is 25.1. The standard InChI is InChI=1S/C21H21ClN4O.C2HF3O2/c22-16-6-7-18-19(12-16)23-10-8-20(18)26-11-9-17(14-26)25-21(27)24-13-15-4-2-1-3-5-15;3-2(4,5)1(6)7/h1-8,10,12,17H,9,11,13-14H2,(H2,24,25,27);(H,6,7). The number of nitrogens with one attached hydrogen (secondary N) is 2. The van der Waals surface area contributed by atoms with Gasteiger partial charge in [0.1, 0.15) is 0 Å². The highest BCUT2D eigenvalue weighted by atomic mass is 35.5. The van der Waals surface area contributed by atoms with E-state index in [1.807, 2.05) is 54.6 Å². The molecule has 1 aliphatic heterocycles. The molecule has 1 aliphatic rings. The quantitative estimate of drug-likeness (QED) is 0.493. The predicted octanol–water partition coefficient (Wildman–Crippen LogP) is 4.60. The molecular formula is C23H22ClF3N4O3. The van der Waals surface area contributed by atoms with Gasteiger partial charge >= 0.3 is 18.2 Å². The second-order valence-electron chi connectivity index (χ2n) is 7.54. The molecule has 1 atom stereocenters. The fraction of sp³-hybridized carbons (Fsp3) is 0.261. The van der Waals surface area contributed by atoms with Crippen LogP contribution in [0.4, 0.5) is 23.7 Å². The van der Waals surface area contributed by atoms with E-state index in [9.17, 15) is 18.0 Å². The molecule has 1 unspecified atom stereocenters. The number of nitrogens with zero attached hydrogens (tertiary/aromatic N) is 2. The number of fused-ring (bicyclic) bond motifs is 1. The fourth-order valence-corrected chi connectivity index (χ4v) is 3.66. The van der Waals surface area contributed by atoms with Crippen molar-refractivity contribution in [2.45, 2.75) is 25.2 Å². The summed E-state index contributed by atoms with van der Waals surface area (Å²) in [7, 11) is 0. The van der Waals surface area contributed by atoms with E-state index < -0.39 is 12.1 Å². The number of carboxylic acid groups (broad SMARTS) is 1. The number of alkyl halides is 3. The lowest BCUT2D eigenvalue weighted by molar-refractivity contribution is -0.192. The van der Waals surface area contributed by atoms with E-state index in [0.29, 0.717) is 11.6 Å². The molecule has 180 valence electrons. The maximum absolute atomic E-state index is 12.2. The summed E-state index contributed by atoms with van der Waals surface area (Å²) in [4.78, 5) is 27.8. The molecule has 2 amide bonds. The average Bonchev–Trinajstić information content (AvgIpc) is 3.25. The predicted molar refractivity (Wildman–Crippen MR) is 123 cm³/mol. The van der Waals surface area contributed by atoms with Crippen LogP contribution in [0.15, 0.2) is 60.8 Å². The van der Waals surface area contributed by atoms with Gasteiger partial charge in [-0.15, -0.1) is 0 Å². The third kappa shape index (κ3) is 6.98. The van der Waals surface area contributed by atoms with Crippen LogP contribution in [0.1, 0.15) is 12.0 Å². The van der Waals surface area contributed by atoms with Crippen LogP contribution in [0.5, 0.6) is 0 Å². The molecule has 1 aromatic heterocycles. The fourth-order valence-electron chi connectivity index (χ4n) is 3.49. The lowest BCUT2D eigenvalue weighted by Gasteiger charge is -2.21. The van der Waals surface area contributed by atoms with Gasteiger partial charge < -0.3 is 20.6 Å². The van der Waals surface area contributed by atoms with E-state index >= 15 is 0 Å². The van der Waals surface area contributed by atoms with Gasteiger partial charge in [0.05, 0.1) is 5.52 Å². The summed E-state index contributed by atoms with van der Waals surface area (Å²) in [5.41, 5.74) is 3.10. The molecule has 4 rings (SSSR count). The van der Waals surface area contributed by atoms with Crippen LogP contribution in [-0.2, 0) is 11.3 Å². The highest BCUT2D eigenvalue weighted by Crippen LogP contribution is 2.29. The van der Waals surface area contributed by atoms with Crippen molar-refractivity contribution < 1.29 is 27.9 Å². The molecule has 0 aliphatic carbocycles. The van der Waals surface area contributed by atoms with E-state index in [4.69, 9.17) is 21.5 Å². The van der Waals surface area contributed by atoms with E-state index in [2.05, 4.69) is 20.5 Å². The number of amides is 2. The van der Waals surface area contributed by atoms with Gasteiger partial charge in [0.2, 0.25) is 0 Å². The molecule has 11 heteroatoms. The topological polar surface area (TPSA) is 94.6 Å². The number of urea groups is 1. The van der Waals surface area contributed by atoms with Gasteiger partial charge in [0.25, 0.3) is 0 Å². The molecule has 2 aromatic carbocycles. The van der Waals surface area contributed by atoms with E-state index in [1.54, 1.807) is 6.20 Å². The molecule has 3 N–H and O–H groups in total. The molecule has 1 fully saturated rings. The highest BCUT2D eigenvalue weighted by molar-refractivity contribution is 6.31. The molecule has 34 heavy (non-hydrogen) atoms. The molecule has 7 nitrogen and oxygen atoms in total. The number of hydrogen-bond acceptors (Lipinski definition) is 4. The molecule has 1 saturated heterocycles. The molecule has 0 bridgehead atoms. The third-order valence-corrected chi connectivity index (χ3v) is 5.32. The van der Waals surface area contributed by atoms with E-state index in [0.717, 1.165) is 41.7 Å². The normalized spacial score (nSPS) is 15.4. The number of anilines is 1. The number of halogens is 4. The first-order valence-corrected chi connectivity index (χ1v) is 10.7. The summed E-state index contributed by atoms with van der Waals surface area (Å²) in [6.07, 6.45) is -2.36. The number of carboxylic acids is 1. The van der Waals surface area contributed by atoms with Crippen molar-refractivity contribution >= 4 is 40.2 Å². The first-order valence-electron chi connectivity index (χ1n) is 10.3. The SMILES string of the molecule is O=C(NCc1ccccc1)NC1CCN(c2ccnc3cc(Cl)ccc23)C1.O=C(O)C(F)(F)F. The number of carbonyl (C=O) groups is 2. The number of benzene rings is 2. The van der Waals surface area contributed by atoms with Crippen LogP contribution in [0.3, 0.4) is 0 Å². The van der Waals surface area contributed by atoms with Crippen molar-refractivity contribution in [3.63, 3.8) is 0 Å². The summed E-state index contributed by atoms with van der Waals surface area (Å²) in [5, 5.41) is 14.9. The number of aliphatic carboxylic acids is 1. The van der Waals surface area contributed by atoms with Crippen molar-refractivity contribution in [1.29, 1.82) is 0 Å². The Morgan fingerprint density at radius 3 is 2.53 bits per heavy atom. The first-order chi connectivity index (χ1) is 16.1. The van der Waals surface area contributed by atoms with Gasteiger partial charge in [-0.3, -0.25) is 4.98 Å². The smallest absolute Gasteiger partial charge is 0.475 e. The van der Waals surface area contributed by atoms with Crippen LogP contribution >= 0.6 is 11.6 Å². The number of hydrogen-bond donors (Lipinski definition) is 3. The van der Waals surface area contributed by atoms with Gasteiger partial charge in [0, 0.05) is 48.0 Å². The average molecular weight is 495 g/mol. The minimum absolute atomic E-state index is 0.122. The maximum Gasteiger partial charge on any atom is 0.490 e. The molecule has 0 saturated carbocycles. The maximum atomic E-state index is 12.2. The number of pyridine rings is 1. The summed E-state index contributed by atoms with van der Waals surface area (Å²) in [6.45, 7) is 2.20. The van der Waals surface area contributed by atoms with Crippen LogP contribution < -0.4 is 15.5 Å². The second-order valence-corrected chi connectivity index (χ2v) is 7.98. The third-order valence-electron chi connectivity index (χ3n) is 5.08. The zero-order valence-electron chi connectivity index (χ0n) is 17.8. The molecule has 0 spiro atoms. The van der Waals surface area contributed by atoms with Crippen LogP contribution in [0.25, 0.3) is 10.9 Å². The summed E-state index contributed by atoms with van der Waals surface area (Å²) in [6, 6.07) is 17.7. The van der Waals surface area contributed by atoms with E-state index in [-0.39, 0.29) is 12.1 Å². The monoisotopic (exact) mass is 494 g/mol. The largest absolute Gasteiger partial charge is 0.490 e. The van der Waals surface area contributed by atoms with Crippen molar-refractivity contribution in [2.24, 2.45) is 0 Å². The zero-order valence-corrected chi connectivity index (χ0v) is 18.6. The number of aromatic nitrogens is 1. The summed E-state index contributed by atoms with van der Waals surface area (Å²) in [5.74, 6) is -2.76. The zero-order chi connectivity index (χ0) is 24.7. The van der Waals surface area contributed by atoms with Gasteiger partial charge in [-0.25, -0.2) is 9.59 Å².